The van der Waals surface area contributed by atoms with Gasteiger partial charge < -0.3 is 5.53 Å². The monoisotopic (exact) mass is 304 g/mol. The van der Waals surface area contributed by atoms with Gasteiger partial charge in [0.2, 0.25) is 0 Å². The highest BCUT2D eigenvalue weighted by Crippen LogP contribution is 2.76. The van der Waals surface area contributed by atoms with E-state index in [9.17, 15) is 5.53 Å². The van der Waals surface area contributed by atoms with Crippen LogP contribution in [-0.2, 0) is 0 Å². The van der Waals surface area contributed by atoms with Crippen molar-refractivity contribution in [3.8, 4) is 0 Å². The van der Waals surface area contributed by atoms with Crippen LogP contribution >= 0.6 is 0 Å². The van der Waals surface area contributed by atoms with Gasteiger partial charge in [-0.2, -0.15) is 4.79 Å². The van der Waals surface area contributed by atoms with Gasteiger partial charge >= 0.3 is 5.71 Å². The van der Waals surface area contributed by atoms with Crippen LogP contribution in [0.1, 0.15) is 83.1 Å². The Labute approximate surface area is 138 Å². The van der Waals surface area contributed by atoms with E-state index in [1.54, 1.807) is 0 Å². The van der Waals surface area contributed by atoms with Gasteiger partial charge in [-0.25, -0.2) is 0 Å². The van der Waals surface area contributed by atoms with Crippen LogP contribution in [0.4, 0.5) is 0 Å². The van der Waals surface area contributed by atoms with E-state index >= 15 is 0 Å². The quantitative estimate of drug-likeness (QED) is 0.317. The molecule has 0 heterocycles. The Bertz CT molecular complexity index is 528. The highest BCUT2D eigenvalue weighted by atomic mass is 14.9. The molecule has 1 aliphatic rings. The Morgan fingerprint density at radius 3 is 1.27 bits per heavy atom. The highest BCUT2D eigenvalue weighted by Gasteiger charge is 2.72. The van der Waals surface area contributed by atoms with Crippen LogP contribution in [0.5, 0.6) is 0 Å². The van der Waals surface area contributed by atoms with Gasteiger partial charge in [0.15, 0.2) is 0 Å². The van der Waals surface area contributed by atoms with Crippen molar-refractivity contribution in [1.82, 2.24) is 0 Å². The predicted octanol–water partition coefficient (Wildman–Crippen LogP) is 6.14. The second-order valence-electron chi connectivity index (χ2n) is 10.9. The molecule has 22 heavy (non-hydrogen) atoms. The molecule has 0 aliphatic heterocycles. The fraction of sp³-hybridized carbons (Fsp3) is 0.850. The zero-order chi connectivity index (χ0) is 17.9. The molecule has 0 fully saturated rings. The molecule has 0 aromatic heterocycles. The highest BCUT2D eigenvalue weighted by molar-refractivity contribution is 6.07. The maximum absolute atomic E-state index is 9.77. The van der Waals surface area contributed by atoms with Crippen molar-refractivity contribution >= 4 is 5.71 Å². The number of hydrogen-bond donors (Lipinski definition) is 0. The van der Waals surface area contributed by atoms with Crippen molar-refractivity contribution in [3.63, 3.8) is 0 Å². The molecular weight excluding hydrogens is 268 g/mol. The summed E-state index contributed by atoms with van der Waals surface area (Å²) in [4.78, 5) is 3.77. The summed E-state index contributed by atoms with van der Waals surface area (Å²) in [6, 6.07) is 0. The number of allylic oxidation sites excluding steroid dienone is 2. The molecule has 0 aromatic carbocycles. The van der Waals surface area contributed by atoms with E-state index in [0.717, 1.165) is 5.71 Å². The smallest absolute Gasteiger partial charge is 0.301 e. The third-order valence-electron chi connectivity index (χ3n) is 4.98. The summed E-state index contributed by atoms with van der Waals surface area (Å²) < 4.78 is 0. The topological polar surface area (TPSA) is 36.4 Å². The lowest BCUT2D eigenvalue weighted by Crippen LogP contribution is -2.42. The third-order valence-corrected chi connectivity index (χ3v) is 4.98. The zero-order valence-corrected chi connectivity index (χ0v) is 16.9. The minimum absolute atomic E-state index is 0.0346. The Balaban J connectivity index is 3.77. The first kappa shape index (κ1) is 19.2. The fourth-order valence-corrected chi connectivity index (χ4v) is 4.71. The molecule has 2 heteroatoms. The Morgan fingerprint density at radius 2 is 1.14 bits per heavy atom. The summed E-state index contributed by atoms with van der Waals surface area (Å²) in [6.45, 7) is 27.1. The van der Waals surface area contributed by atoms with E-state index in [2.05, 4.69) is 87.9 Å². The molecular formula is C20H36N2. The Kier molecular flexibility index (Phi) is 4.19. The van der Waals surface area contributed by atoms with Crippen molar-refractivity contribution in [1.29, 1.82) is 0 Å². The summed E-state index contributed by atoms with van der Waals surface area (Å²) >= 11 is 0. The van der Waals surface area contributed by atoms with E-state index in [4.69, 9.17) is 0 Å². The molecule has 0 atom stereocenters. The van der Waals surface area contributed by atoms with Crippen molar-refractivity contribution in [3.05, 3.63) is 16.7 Å². The first-order valence-corrected chi connectivity index (χ1v) is 8.42. The molecule has 0 bridgehead atoms. The van der Waals surface area contributed by atoms with Crippen molar-refractivity contribution < 1.29 is 4.79 Å². The first-order valence-electron chi connectivity index (χ1n) is 8.42. The minimum Gasteiger partial charge on any atom is -0.361 e. The number of nitrogens with zero attached hydrogens (tertiary/aromatic N) is 2. The first-order chi connectivity index (χ1) is 9.44. The summed E-state index contributed by atoms with van der Waals surface area (Å²) in [6.07, 6.45) is 0. The standard InChI is InChI=1S/C20H36N2/c1-16(2,3)14-13(15(22-21)17(4,5)6)20(14,18(7,8)9)19(10,11)12/h1-12H3. The van der Waals surface area contributed by atoms with Crippen LogP contribution in [0.15, 0.2) is 11.1 Å². The van der Waals surface area contributed by atoms with Crippen LogP contribution in [-0.4, -0.2) is 10.5 Å². The average molecular weight is 305 g/mol. The van der Waals surface area contributed by atoms with E-state index in [1.165, 1.54) is 11.1 Å². The molecule has 0 N–H and O–H groups in total. The van der Waals surface area contributed by atoms with Crippen LogP contribution < -0.4 is 0 Å². The van der Waals surface area contributed by atoms with Gasteiger partial charge in [0.25, 0.3) is 0 Å². The van der Waals surface area contributed by atoms with Gasteiger partial charge in [-0.1, -0.05) is 62.3 Å². The maximum Gasteiger partial charge on any atom is 0.301 e. The van der Waals surface area contributed by atoms with Gasteiger partial charge in [-0.3, -0.25) is 0 Å². The predicted molar refractivity (Wildman–Crippen MR) is 95.9 cm³/mol. The van der Waals surface area contributed by atoms with E-state index < -0.39 is 0 Å². The molecule has 1 rings (SSSR count). The molecule has 0 unspecified atom stereocenters. The molecule has 0 spiro atoms. The number of hydrogen-bond acceptors (Lipinski definition) is 0. The van der Waals surface area contributed by atoms with Crippen molar-refractivity contribution in [2.45, 2.75) is 83.1 Å². The van der Waals surface area contributed by atoms with Gasteiger partial charge in [0, 0.05) is 11.0 Å². The van der Waals surface area contributed by atoms with Crippen LogP contribution in [0, 0.1) is 27.1 Å². The summed E-state index contributed by atoms with van der Waals surface area (Å²) in [5.41, 5.74) is 13.4. The van der Waals surface area contributed by atoms with Crippen LogP contribution in [0.2, 0.25) is 0 Å². The van der Waals surface area contributed by atoms with Gasteiger partial charge in [0.1, 0.15) is 0 Å². The lowest BCUT2D eigenvalue weighted by atomic mass is 9.56. The van der Waals surface area contributed by atoms with Crippen molar-refractivity contribution in [2.75, 3.05) is 0 Å². The third kappa shape index (κ3) is 2.60. The lowest BCUT2D eigenvalue weighted by molar-refractivity contribution is -0.0193. The van der Waals surface area contributed by atoms with Gasteiger partial charge in [-0.15, -0.1) is 0 Å². The summed E-state index contributed by atoms with van der Waals surface area (Å²) in [5, 5.41) is 0. The molecule has 0 saturated carbocycles. The Morgan fingerprint density at radius 1 is 0.773 bits per heavy atom. The summed E-state index contributed by atoms with van der Waals surface area (Å²) in [7, 11) is 0. The minimum atomic E-state index is -0.168. The molecule has 0 saturated heterocycles. The molecule has 0 aromatic rings. The van der Waals surface area contributed by atoms with Crippen molar-refractivity contribution in [2.24, 2.45) is 27.1 Å². The zero-order valence-electron chi connectivity index (χ0n) is 16.9. The largest absolute Gasteiger partial charge is 0.361 e. The second kappa shape index (κ2) is 4.81. The van der Waals surface area contributed by atoms with Crippen LogP contribution in [0.25, 0.3) is 5.53 Å². The molecule has 2 nitrogen and oxygen atoms in total. The van der Waals surface area contributed by atoms with E-state index in [1.807, 2.05) is 0 Å². The average Bonchev–Trinajstić information content (AvgIpc) is 2.84. The molecule has 0 radical (unpaired) electrons. The summed E-state index contributed by atoms with van der Waals surface area (Å²) in [5.74, 6) is 0. The Hall–Kier alpha value is -0.880. The van der Waals surface area contributed by atoms with E-state index in [-0.39, 0.29) is 27.1 Å². The maximum atomic E-state index is 9.77. The van der Waals surface area contributed by atoms with Gasteiger partial charge in [0.05, 0.1) is 5.41 Å². The SMILES string of the molecule is CC(C)(C)C(=[N+]=[N-])C1=C(C(C)(C)C)C1(C(C)(C)C)C(C)(C)C. The normalized spacial score (nSPS) is 19.1. The number of rotatable bonds is 1. The van der Waals surface area contributed by atoms with E-state index in [0.29, 0.717) is 0 Å². The van der Waals surface area contributed by atoms with Crippen LogP contribution in [0.3, 0.4) is 0 Å². The lowest BCUT2D eigenvalue weighted by Gasteiger charge is -2.46. The fourth-order valence-electron chi connectivity index (χ4n) is 4.71. The molecule has 1 aliphatic carbocycles. The second-order valence-corrected chi connectivity index (χ2v) is 10.9. The molecule has 126 valence electrons. The van der Waals surface area contributed by atoms with Gasteiger partial charge in [-0.05, 0) is 42.6 Å². The molecule has 0 amide bonds.